The van der Waals surface area contributed by atoms with Gasteiger partial charge in [-0.25, -0.2) is 0 Å². The molecule has 24 heavy (non-hydrogen) atoms. The lowest BCUT2D eigenvalue weighted by molar-refractivity contribution is -0.0500. The van der Waals surface area contributed by atoms with E-state index in [0.717, 1.165) is 18.5 Å². The molecule has 130 valence electrons. The van der Waals surface area contributed by atoms with Crippen molar-refractivity contribution in [2.75, 3.05) is 7.11 Å². The smallest absolute Gasteiger partial charge is 0.497 e. The maximum Gasteiger partial charge on any atom is 0.534 e. The summed E-state index contributed by atoms with van der Waals surface area (Å²) in [5.74, 6) is -0.211. The van der Waals surface area contributed by atoms with Crippen LogP contribution in [0.2, 0.25) is 0 Å². The van der Waals surface area contributed by atoms with Gasteiger partial charge in [-0.05, 0) is 17.7 Å². The van der Waals surface area contributed by atoms with Gasteiger partial charge in [0.2, 0.25) is 0 Å². The van der Waals surface area contributed by atoms with Crippen molar-refractivity contribution < 1.29 is 35.2 Å². The van der Waals surface area contributed by atoms with Crippen molar-refractivity contribution in [3.05, 3.63) is 48.3 Å². The van der Waals surface area contributed by atoms with Gasteiger partial charge in [-0.1, -0.05) is 12.1 Å². The summed E-state index contributed by atoms with van der Waals surface area (Å²) in [7, 11) is -4.28. The molecule has 0 spiro atoms. The number of aromatic nitrogens is 1. The number of benzene rings is 1. The van der Waals surface area contributed by atoms with Crippen LogP contribution >= 0.6 is 0 Å². The molecule has 0 aliphatic rings. The summed E-state index contributed by atoms with van der Waals surface area (Å²) >= 11 is 0. The molecule has 0 N–H and O–H groups in total. The van der Waals surface area contributed by atoms with E-state index in [2.05, 4.69) is 9.17 Å². The molecule has 0 atom stereocenters. The fourth-order valence-corrected chi connectivity index (χ4v) is 2.06. The molecule has 0 saturated heterocycles. The standard InChI is InChI=1S/C14H12F3NO5S/c1-21-11-4-2-10(3-5-11)9-22-13-8-18-7-6-12(13)23-24(19,20)14(15,16)17/h2-8H,9H2,1H3. The van der Waals surface area contributed by atoms with E-state index in [4.69, 9.17) is 9.47 Å². The van der Waals surface area contributed by atoms with E-state index < -0.39 is 21.4 Å². The van der Waals surface area contributed by atoms with Crippen LogP contribution in [-0.4, -0.2) is 26.0 Å². The van der Waals surface area contributed by atoms with Crippen molar-refractivity contribution in [3.63, 3.8) is 0 Å². The van der Waals surface area contributed by atoms with E-state index in [1.807, 2.05) is 0 Å². The Hall–Kier alpha value is -2.49. The van der Waals surface area contributed by atoms with E-state index >= 15 is 0 Å². The summed E-state index contributed by atoms with van der Waals surface area (Å²) in [4.78, 5) is 3.68. The maximum absolute atomic E-state index is 12.4. The van der Waals surface area contributed by atoms with Crippen molar-refractivity contribution in [2.24, 2.45) is 0 Å². The number of ether oxygens (including phenoxy) is 2. The largest absolute Gasteiger partial charge is 0.534 e. The van der Waals surface area contributed by atoms with Gasteiger partial charge in [0, 0.05) is 12.3 Å². The fraction of sp³-hybridized carbons (Fsp3) is 0.214. The SMILES string of the molecule is COc1ccc(COc2cnccc2OS(=O)(=O)C(F)(F)F)cc1. The monoisotopic (exact) mass is 363 g/mol. The van der Waals surface area contributed by atoms with Crippen LogP contribution < -0.4 is 13.7 Å². The van der Waals surface area contributed by atoms with Crippen molar-refractivity contribution in [2.45, 2.75) is 12.1 Å². The van der Waals surface area contributed by atoms with Gasteiger partial charge in [-0.2, -0.15) is 21.6 Å². The molecule has 6 nitrogen and oxygen atoms in total. The highest BCUT2D eigenvalue weighted by Crippen LogP contribution is 2.32. The predicted octanol–water partition coefficient (Wildman–Crippen LogP) is 2.90. The first-order chi connectivity index (χ1) is 11.2. The molecule has 0 aliphatic heterocycles. The van der Waals surface area contributed by atoms with Gasteiger partial charge in [-0.15, -0.1) is 0 Å². The van der Waals surface area contributed by atoms with Gasteiger partial charge in [-0.3, -0.25) is 4.98 Å². The van der Waals surface area contributed by atoms with Crippen molar-refractivity contribution in [3.8, 4) is 17.2 Å². The maximum atomic E-state index is 12.4. The number of alkyl halides is 3. The first kappa shape index (κ1) is 17.9. The fourth-order valence-electron chi connectivity index (χ4n) is 1.59. The van der Waals surface area contributed by atoms with Crippen LogP contribution in [0.25, 0.3) is 0 Å². The predicted molar refractivity (Wildman–Crippen MR) is 77.2 cm³/mol. The highest BCUT2D eigenvalue weighted by molar-refractivity contribution is 7.88. The molecular formula is C14H12F3NO5S. The molecule has 0 fully saturated rings. The second kappa shape index (κ2) is 6.95. The summed E-state index contributed by atoms with van der Waals surface area (Å²) in [5.41, 5.74) is -4.85. The zero-order valence-corrected chi connectivity index (χ0v) is 13.1. The van der Waals surface area contributed by atoms with E-state index in [1.165, 1.54) is 7.11 Å². The number of halogens is 3. The third-order valence-electron chi connectivity index (χ3n) is 2.78. The topological polar surface area (TPSA) is 74.7 Å². The molecule has 0 unspecified atom stereocenters. The summed E-state index contributed by atoms with van der Waals surface area (Å²) in [6.07, 6.45) is 2.15. The number of hydrogen-bond acceptors (Lipinski definition) is 6. The molecule has 0 aliphatic carbocycles. The number of rotatable bonds is 6. The van der Waals surface area contributed by atoms with Crippen LogP contribution in [0, 0.1) is 0 Å². The number of pyridine rings is 1. The Labute approximate surface area is 135 Å². The highest BCUT2D eigenvalue weighted by Gasteiger charge is 2.48. The Morgan fingerprint density at radius 3 is 2.33 bits per heavy atom. The second-order valence-electron chi connectivity index (χ2n) is 4.44. The van der Waals surface area contributed by atoms with Crippen LogP contribution in [0.4, 0.5) is 13.2 Å². The van der Waals surface area contributed by atoms with E-state index in [9.17, 15) is 21.6 Å². The summed E-state index contributed by atoms with van der Waals surface area (Å²) in [6.45, 7) is -0.0296. The van der Waals surface area contributed by atoms with Crippen LogP contribution in [-0.2, 0) is 16.7 Å². The molecule has 10 heteroatoms. The average molecular weight is 363 g/mol. The lowest BCUT2D eigenvalue weighted by atomic mass is 10.2. The lowest BCUT2D eigenvalue weighted by Gasteiger charge is -2.13. The normalized spacial score (nSPS) is 11.8. The minimum Gasteiger partial charge on any atom is -0.497 e. The summed E-state index contributed by atoms with van der Waals surface area (Å²) in [5, 5.41) is 0. The average Bonchev–Trinajstić information content (AvgIpc) is 2.53. The first-order valence-electron chi connectivity index (χ1n) is 6.43. The van der Waals surface area contributed by atoms with Gasteiger partial charge in [0.05, 0.1) is 13.3 Å². The van der Waals surface area contributed by atoms with Gasteiger partial charge >= 0.3 is 15.6 Å². The van der Waals surface area contributed by atoms with Gasteiger partial charge in [0.15, 0.2) is 11.5 Å². The minimum atomic E-state index is -5.79. The quantitative estimate of drug-likeness (QED) is 0.580. The Bertz CT molecular complexity index is 791. The Balaban J connectivity index is 2.14. The van der Waals surface area contributed by atoms with Gasteiger partial charge in [0.25, 0.3) is 0 Å². The highest BCUT2D eigenvalue weighted by atomic mass is 32.2. The zero-order chi connectivity index (χ0) is 17.8. The second-order valence-corrected chi connectivity index (χ2v) is 5.98. The third-order valence-corrected chi connectivity index (χ3v) is 3.75. The van der Waals surface area contributed by atoms with E-state index in [1.54, 1.807) is 24.3 Å². The van der Waals surface area contributed by atoms with Crippen LogP contribution in [0.3, 0.4) is 0 Å². The Morgan fingerprint density at radius 1 is 1.08 bits per heavy atom. The molecule has 1 aromatic carbocycles. The van der Waals surface area contributed by atoms with Gasteiger partial charge in [0.1, 0.15) is 12.4 Å². The number of hydrogen-bond donors (Lipinski definition) is 0. The third kappa shape index (κ3) is 4.28. The van der Waals surface area contributed by atoms with Gasteiger partial charge < -0.3 is 13.7 Å². The van der Waals surface area contributed by atoms with Crippen molar-refractivity contribution in [1.82, 2.24) is 4.98 Å². The molecule has 1 heterocycles. The van der Waals surface area contributed by atoms with E-state index in [0.29, 0.717) is 11.3 Å². The molecule has 0 bridgehead atoms. The first-order valence-corrected chi connectivity index (χ1v) is 7.84. The lowest BCUT2D eigenvalue weighted by Crippen LogP contribution is -2.28. The number of methoxy groups -OCH3 is 1. The molecule has 1 aromatic heterocycles. The molecule has 0 amide bonds. The Morgan fingerprint density at radius 2 is 1.75 bits per heavy atom. The molecular weight excluding hydrogens is 351 g/mol. The van der Waals surface area contributed by atoms with Crippen LogP contribution in [0.1, 0.15) is 5.56 Å². The minimum absolute atomic E-state index is 0.0296. The number of nitrogens with zero attached hydrogens (tertiary/aromatic N) is 1. The summed E-state index contributed by atoms with van der Waals surface area (Å²) in [6, 6.07) is 7.68. The Kier molecular flexibility index (Phi) is 5.17. The van der Waals surface area contributed by atoms with Crippen LogP contribution in [0.15, 0.2) is 42.7 Å². The van der Waals surface area contributed by atoms with Crippen molar-refractivity contribution >= 4 is 10.1 Å². The van der Waals surface area contributed by atoms with E-state index in [-0.39, 0.29) is 12.4 Å². The zero-order valence-electron chi connectivity index (χ0n) is 12.3. The molecule has 0 radical (unpaired) electrons. The summed E-state index contributed by atoms with van der Waals surface area (Å²) < 4.78 is 73.7. The van der Waals surface area contributed by atoms with Crippen LogP contribution in [0.5, 0.6) is 17.2 Å². The molecule has 0 saturated carbocycles. The molecule has 2 rings (SSSR count). The van der Waals surface area contributed by atoms with Crippen molar-refractivity contribution in [1.29, 1.82) is 0 Å². The molecule has 2 aromatic rings.